The van der Waals surface area contributed by atoms with Gasteiger partial charge in [-0.05, 0) is 25.0 Å². The lowest BCUT2D eigenvalue weighted by molar-refractivity contribution is 0.0754. The minimum absolute atomic E-state index is 0.00579. The van der Waals surface area contributed by atoms with Crippen LogP contribution in [0.3, 0.4) is 0 Å². The van der Waals surface area contributed by atoms with Gasteiger partial charge in [0.1, 0.15) is 0 Å². The fourth-order valence-corrected chi connectivity index (χ4v) is 2.12. The SMILES string of the molecule is O=C(c1ccccc1Cl)N(CCCl)C1CC1. The van der Waals surface area contributed by atoms with E-state index in [0.717, 1.165) is 12.8 Å². The van der Waals surface area contributed by atoms with Gasteiger partial charge in [-0.1, -0.05) is 23.7 Å². The Bertz CT molecular complexity index is 390. The van der Waals surface area contributed by atoms with Crippen LogP contribution >= 0.6 is 23.2 Å². The largest absolute Gasteiger partial charge is 0.334 e. The summed E-state index contributed by atoms with van der Waals surface area (Å²) in [5, 5.41) is 0.507. The quantitative estimate of drug-likeness (QED) is 0.759. The molecule has 0 bridgehead atoms. The average molecular weight is 258 g/mol. The van der Waals surface area contributed by atoms with E-state index in [1.165, 1.54) is 0 Å². The number of carbonyl (C=O) groups excluding carboxylic acids is 1. The lowest BCUT2D eigenvalue weighted by Gasteiger charge is -2.21. The van der Waals surface area contributed by atoms with Crippen molar-refractivity contribution in [2.24, 2.45) is 0 Å². The first-order valence-corrected chi connectivity index (χ1v) is 6.26. The van der Waals surface area contributed by atoms with Gasteiger partial charge in [0.25, 0.3) is 5.91 Å². The number of hydrogen-bond donors (Lipinski definition) is 0. The maximum Gasteiger partial charge on any atom is 0.255 e. The summed E-state index contributed by atoms with van der Waals surface area (Å²) in [6, 6.07) is 7.50. The molecule has 1 aromatic carbocycles. The van der Waals surface area contributed by atoms with E-state index in [1.807, 2.05) is 17.0 Å². The first kappa shape index (κ1) is 11.7. The van der Waals surface area contributed by atoms with E-state index in [1.54, 1.807) is 12.1 Å². The van der Waals surface area contributed by atoms with Crippen LogP contribution in [0.2, 0.25) is 5.02 Å². The monoisotopic (exact) mass is 257 g/mol. The summed E-state index contributed by atoms with van der Waals surface area (Å²) in [5.41, 5.74) is 0.571. The van der Waals surface area contributed by atoms with Crippen molar-refractivity contribution in [1.29, 1.82) is 0 Å². The predicted octanol–water partition coefficient (Wildman–Crippen LogP) is 3.18. The number of amides is 1. The Balaban J connectivity index is 2.19. The van der Waals surface area contributed by atoms with Crippen LogP contribution in [0.15, 0.2) is 24.3 Å². The topological polar surface area (TPSA) is 20.3 Å². The number of alkyl halides is 1. The zero-order valence-electron chi connectivity index (χ0n) is 8.83. The van der Waals surface area contributed by atoms with Crippen LogP contribution < -0.4 is 0 Å². The van der Waals surface area contributed by atoms with E-state index in [9.17, 15) is 4.79 Å². The first-order valence-electron chi connectivity index (χ1n) is 5.35. The zero-order chi connectivity index (χ0) is 11.5. The van der Waals surface area contributed by atoms with Crippen molar-refractivity contribution in [1.82, 2.24) is 4.90 Å². The molecule has 1 saturated carbocycles. The Hall–Kier alpha value is -0.730. The minimum Gasteiger partial charge on any atom is -0.334 e. The van der Waals surface area contributed by atoms with Crippen molar-refractivity contribution in [2.75, 3.05) is 12.4 Å². The van der Waals surface area contributed by atoms with Crippen molar-refractivity contribution in [3.63, 3.8) is 0 Å². The Morgan fingerprint density at radius 3 is 2.62 bits per heavy atom. The summed E-state index contributed by atoms with van der Waals surface area (Å²) in [6.07, 6.45) is 2.15. The van der Waals surface area contributed by atoms with Crippen LogP contribution in [0.25, 0.3) is 0 Å². The molecule has 0 aromatic heterocycles. The highest BCUT2D eigenvalue weighted by molar-refractivity contribution is 6.33. The third kappa shape index (κ3) is 2.50. The van der Waals surface area contributed by atoms with Crippen LogP contribution in [0, 0.1) is 0 Å². The molecule has 4 heteroatoms. The van der Waals surface area contributed by atoms with Crippen molar-refractivity contribution in [3.05, 3.63) is 34.9 Å². The van der Waals surface area contributed by atoms with Gasteiger partial charge in [0.15, 0.2) is 0 Å². The predicted molar refractivity (Wildman–Crippen MR) is 66.2 cm³/mol. The van der Waals surface area contributed by atoms with Gasteiger partial charge in [0, 0.05) is 18.5 Å². The molecular weight excluding hydrogens is 245 g/mol. The van der Waals surface area contributed by atoms with Gasteiger partial charge in [0.2, 0.25) is 0 Å². The second-order valence-corrected chi connectivity index (χ2v) is 4.68. The number of rotatable bonds is 4. The number of carbonyl (C=O) groups is 1. The molecule has 1 fully saturated rings. The second kappa shape index (κ2) is 5.07. The van der Waals surface area contributed by atoms with E-state index < -0.39 is 0 Å². The van der Waals surface area contributed by atoms with Crippen molar-refractivity contribution < 1.29 is 4.79 Å². The molecule has 86 valence electrons. The Morgan fingerprint density at radius 1 is 1.38 bits per heavy atom. The van der Waals surface area contributed by atoms with Crippen LogP contribution in [-0.2, 0) is 0 Å². The Morgan fingerprint density at radius 2 is 2.06 bits per heavy atom. The highest BCUT2D eigenvalue weighted by atomic mass is 35.5. The molecule has 1 aliphatic rings. The summed E-state index contributed by atoms with van der Waals surface area (Å²) in [7, 11) is 0. The number of hydrogen-bond acceptors (Lipinski definition) is 1. The van der Waals surface area contributed by atoms with Gasteiger partial charge in [0.05, 0.1) is 10.6 Å². The number of nitrogens with zero attached hydrogens (tertiary/aromatic N) is 1. The molecule has 2 rings (SSSR count). The maximum atomic E-state index is 12.2. The van der Waals surface area contributed by atoms with Gasteiger partial charge < -0.3 is 4.90 Å². The zero-order valence-corrected chi connectivity index (χ0v) is 10.3. The molecule has 1 amide bonds. The van der Waals surface area contributed by atoms with Crippen molar-refractivity contribution in [3.8, 4) is 0 Å². The van der Waals surface area contributed by atoms with Gasteiger partial charge in [-0.15, -0.1) is 11.6 Å². The molecule has 0 N–H and O–H groups in total. The molecule has 16 heavy (non-hydrogen) atoms. The smallest absolute Gasteiger partial charge is 0.255 e. The number of benzene rings is 1. The molecule has 1 aliphatic carbocycles. The lowest BCUT2D eigenvalue weighted by atomic mass is 10.2. The minimum atomic E-state index is -0.00579. The summed E-state index contributed by atoms with van der Waals surface area (Å²) >= 11 is 11.7. The summed E-state index contributed by atoms with van der Waals surface area (Å²) in [5.74, 6) is 0.459. The summed E-state index contributed by atoms with van der Waals surface area (Å²) in [6.45, 7) is 0.594. The van der Waals surface area contributed by atoms with E-state index in [2.05, 4.69) is 0 Å². The van der Waals surface area contributed by atoms with Gasteiger partial charge >= 0.3 is 0 Å². The van der Waals surface area contributed by atoms with Gasteiger partial charge in [-0.3, -0.25) is 4.79 Å². The van der Waals surface area contributed by atoms with Crippen molar-refractivity contribution in [2.45, 2.75) is 18.9 Å². The van der Waals surface area contributed by atoms with E-state index in [-0.39, 0.29) is 5.91 Å². The molecule has 0 aliphatic heterocycles. The van der Waals surface area contributed by atoms with Crippen LogP contribution in [0.5, 0.6) is 0 Å². The molecular formula is C12H13Cl2NO. The third-order valence-electron chi connectivity index (χ3n) is 2.68. The fourth-order valence-electron chi connectivity index (χ4n) is 1.72. The van der Waals surface area contributed by atoms with Crippen LogP contribution in [0.4, 0.5) is 0 Å². The van der Waals surface area contributed by atoms with Gasteiger partial charge in [-0.2, -0.15) is 0 Å². The van der Waals surface area contributed by atoms with E-state index >= 15 is 0 Å². The highest BCUT2D eigenvalue weighted by Gasteiger charge is 2.33. The molecule has 2 nitrogen and oxygen atoms in total. The molecule has 0 radical (unpaired) electrons. The standard InChI is InChI=1S/C12H13Cl2NO/c13-7-8-15(9-5-6-9)12(16)10-3-1-2-4-11(10)14/h1-4,9H,5-8H2. The fraction of sp³-hybridized carbons (Fsp3) is 0.417. The Labute approximate surface area is 105 Å². The molecule has 0 atom stereocenters. The summed E-state index contributed by atoms with van der Waals surface area (Å²) < 4.78 is 0. The Kier molecular flexibility index (Phi) is 3.72. The lowest BCUT2D eigenvalue weighted by Crippen LogP contribution is -2.34. The molecule has 0 heterocycles. The molecule has 0 spiro atoms. The van der Waals surface area contributed by atoms with Crippen LogP contribution in [0.1, 0.15) is 23.2 Å². The van der Waals surface area contributed by atoms with E-state index in [0.29, 0.717) is 29.1 Å². The maximum absolute atomic E-state index is 12.2. The second-order valence-electron chi connectivity index (χ2n) is 3.90. The first-order chi connectivity index (χ1) is 7.74. The summed E-state index contributed by atoms with van der Waals surface area (Å²) in [4.78, 5) is 14.0. The molecule has 0 saturated heterocycles. The van der Waals surface area contributed by atoms with Gasteiger partial charge in [-0.25, -0.2) is 0 Å². The average Bonchev–Trinajstić information content (AvgIpc) is 3.09. The molecule has 0 unspecified atom stereocenters. The normalized spacial score (nSPS) is 14.9. The van der Waals surface area contributed by atoms with Crippen LogP contribution in [-0.4, -0.2) is 29.3 Å². The molecule has 1 aromatic rings. The third-order valence-corrected chi connectivity index (χ3v) is 3.18. The van der Waals surface area contributed by atoms with Crippen molar-refractivity contribution >= 4 is 29.1 Å². The number of halogens is 2. The highest BCUT2D eigenvalue weighted by Crippen LogP contribution is 2.29. The van der Waals surface area contributed by atoms with E-state index in [4.69, 9.17) is 23.2 Å².